The third kappa shape index (κ3) is 4.43. The van der Waals surface area contributed by atoms with Crippen LogP contribution in [0.2, 0.25) is 0 Å². The van der Waals surface area contributed by atoms with E-state index in [1.165, 1.54) is 0 Å². The zero-order chi connectivity index (χ0) is 28.0. The van der Waals surface area contributed by atoms with Gasteiger partial charge in [0.05, 0.1) is 29.2 Å². The molecule has 0 radical (unpaired) electrons. The molecule has 0 aliphatic carbocycles. The largest absolute Gasteiger partial charge is 0.394 e. The number of benzene rings is 3. The first-order valence-corrected chi connectivity index (χ1v) is 15.5. The van der Waals surface area contributed by atoms with E-state index in [2.05, 4.69) is 26.6 Å². The van der Waals surface area contributed by atoms with E-state index in [0.717, 1.165) is 16.3 Å². The Morgan fingerprint density at radius 3 is 2.52 bits per heavy atom. The Kier molecular flexibility index (Phi) is 7.39. The molecule has 3 unspecified atom stereocenters. The second-order valence-electron chi connectivity index (χ2n) is 10.9. The van der Waals surface area contributed by atoms with Crippen LogP contribution in [0.1, 0.15) is 25.3 Å². The summed E-state index contributed by atoms with van der Waals surface area (Å²) in [5, 5.41) is 18.3. The van der Waals surface area contributed by atoms with E-state index in [9.17, 15) is 19.5 Å². The van der Waals surface area contributed by atoms with Crippen molar-refractivity contribution < 1.29 is 19.5 Å². The van der Waals surface area contributed by atoms with Gasteiger partial charge in [0.25, 0.3) is 0 Å². The zero-order valence-electron chi connectivity index (χ0n) is 22.1. The number of anilines is 1. The van der Waals surface area contributed by atoms with Gasteiger partial charge in [0, 0.05) is 22.3 Å². The maximum Gasteiger partial charge on any atom is 0.248 e. The number of nitrogens with zero attached hydrogens (tertiary/aromatic N) is 1. The van der Waals surface area contributed by atoms with Crippen LogP contribution in [0.25, 0.3) is 10.8 Å². The molecule has 3 aromatic rings. The second kappa shape index (κ2) is 10.8. The lowest BCUT2D eigenvalue weighted by Crippen LogP contribution is -2.55. The van der Waals surface area contributed by atoms with Crippen LogP contribution < -0.4 is 10.6 Å². The minimum atomic E-state index is -0.810. The predicted octanol–water partition coefficient (Wildman–Crippen LogP) is 4.33. The second-order valence-corrected chi connectivity index (χ2v) is 13.6. The van der Waals surface area contributed by atoms with Crippen molar-refractivity contribution in [1.29, 1.82) is 0 Å². The highest BCUT2D eigenvalue weighted by Gasteiger charge is 2.76. The van der Waals surface area contributed by atoms with E-state index < -0.39 is 28.7 Å². The Balaban J connectivity index is 1.33. The molecule has 7 nitrogen and oxygen atoms in total. The van der Waals surface area contributed by atoms with Gasteiger partial charge in [-0.15, -0.1) is 11.8 Å². The predicted molar refractivity (Wildman–Crippen MR) is 161 cm³/mol. The van der Waals surface area contributed by atoms with Crippen molar-refractivity contribution in [1.82, 2.24) is 10.2 Å². The Morgan fingerprint density at radius 2 is 1.80 bits per heavy atom. The molecule has 0 aromatic heterocycles. The monoisotopic (exact) mass is 621 g/mol. The van der Waals surface area contributed by atoms with Crippen LogP contribution in [0.5, 0.6) is 0 Å². The molecule has 3 aromatic carbocycles. The molecule has 2 bridgehead atoms. The number of aliphatic hydroxyl groups is 1. The fourth-order valence-corrected chi connectivity index (χ4v) is 10.5. The number of carbonyl (C=O) groups excluding carboxylic acids is 3. The average molecular weight is 623 g/mol. The first kappa shape index (κ1) is 27.3. The first-order chi connectivity index (χ1) is 19.4. The summed E-state index contributed by atoms with van der Waals surface area (Å²) in [6.07, 6.45) is 1.09. The van der Waals surface area contributed by atoms with Crippen molar-refractivity contribution in [2.24, 2.45) is 11.8 Å². The molecule has 7 atom stereocenters. The lowest BCUT2D eigenvalue weighted by atomic mass is 9.70. The lowest BCUT2D eigenvalue weighted by Gasteiger charge is -2.37. The SMILES string of the molecule is CC[C@@H](CO)N1C(=O)[C@@H]2[C@@H](C(=O)NCc3ccccc3)[C@@H]3SC2(CC3Br)C1C(=O)Nc1ccc2ccccc2c1. The van der Waals surface area contributed by atoms with E-state index in [1.807, 2.05) is 79.7 Å². The summed E-state index contributed by atoms with van der Waals surface area (Å²) >= 11 is 5.40. The average Bonchev–Trinajstić information content (AvgIpc) is 3.56. The Morgan fingerprint density at radius 1 is 1.07 bits per heavy atom. The summed E-state index contributed by atoms with van der Waals surface area (Å²) in [6.45, 7) is 2.03. The number of hydrogen-bond donors (Lipinski definition) is 3. The molecule has 3 fully saturated rings. The highest BCUT2D eigenvalue weighted by Crippen LogP contribution is 2.68. The van der Waals surface area contributed by atoms with Gasteiger partial charge in [-0.05, 0) is 41.3 Å². The minimum absolute atomic E-state index is 0.0147. The number of thioether (sulfide) groups is 1. The number of nitrogens with one attached hydrogen (secondary N) is 2. The molecule has 3 amide bonds. The number of fused-ring (bicyclic) bond motifs is 2. The molecule has 40 heavy (non-hydrogen) atoms. The van der Waals surface area contributed by atoms with Gasteiger partial charge in [0.1, 0.15) is 6.04 Å². The van der Waals surface area contributed by atoms with Gasteiger partial charge in [0.2, 0.25) is 17.7 Å². The van der Waals surface area contributed by atoms with E-state index in [4.69, 9.17) is 0 Å². The van der Waals surface area contributed by atoms with Crippen LogP contribution >= 0.6 is 27.7 Å². The van der Waals surface area contributed by atoms with Crippen LogP contribution in [0.15, 0.2) is 72.8 Å². The van der Waals surface area contributed by atoms with Gasteiger partial charge < -0.3 is 20.6 Å². The molecular formula is C31H32BrN3O4S. The van der Waals surface area contributed by atoms with Crippen LogP contribution in [0.4, 0.5) is 5.69 Å². The standard InChI is InChI=1S/C31H32BrN3O4S/c1-2-22(17-36)35-27(29(38)34-21-13-12-19-10-6-7-11-20(19)14-21)31-15-23(32)26(40-31)24(25(31)30(35)39)28(37)33-16-18-8-4-3-5-9-18/h3-14,22-27,36H,2,15-17H2,1H3,(H,33,37)(H,34,38)/t22-,23?,24+,25-,26+,27?,31?/m0/s1. The third-order valence-electron chi connectivity index (χ3n) is 8.68. The normalized spacial score (nSPS) is 29.4. The third-order valence-corrected chi connectivity index (χ3v) is 11.9. The fourth-order valence-electron chi connectivity index (χ4n) is 6.85. The Hall–Kier alpha value is -2.88. The fraction of sp³-hybridized carbons (Fsp3) is 0.387. The van der Waals surface area contributed by atoms with Crippen LogP contribution in [0, 0.1) is 11.8 Å². The molecule has 0 saturated carbocycles. The number of halogens is 1. The quantitative estimate of drug-likeness (QED) is 0.325. The van der Waals surface area contributed by atoms with Crippen molar-refractivity contribution in [3.63, 3.8) is 0 Å². The van der Waals surface area contributed by atoms with Crippen molar-refractivity contribution >= 4 is 61.9 Å². The molecule has 3 saturated heterocycles. The van der Waals surface area contributed by atoms with Crippen LogP contribution in [-0.4, -0.2) is 61.2 Å². The number of amides is 3. The number of hydrogen-bond acceptors (Lipinski definition) is 5. The first-order valence-electron chi connectivity index (χ1n) is 13.7. The smallest absolute Gasteiger partial charge is 0.248 e. The molecule has 208 valence electrons. The number of aliphatic hydroxyl groups excluding tert-OH is 1. The molecule has 6 rings (SSSR count). The molecule has 3 aliphatic heterocycles. The van der Waals surface area contributed by atoms with Gasteiger partial charge in [-0.3, -0.25) is 14.4 Å². The molecule has 9 heteroatoms. The number of likely N-dealkylation sites (tertiary alicyclic amines) is 1. The number of alkyl halides is 1. The Labute approximate surface area is 246 Å². The highest BCUT2D eigenvalue weighted by atomic mass is 79.9. The van der Waals surface area contributed by atoms with Crippen molar-refractivity contribution in [2.45, 2.75) is 53.2 Å². The van der Waals surface area contributed by atoms with Gasteiger partial charge in [-0.2, -0.15) is 0 Å². The summed E-state index contributed by atoms with van der Waals surface area (Å²) < 4.78 is -0.770. The maximum atomic E-state index is 14.2. The molecule has 3 N–H and O–H groups in total. The van der Waals surface area contributed by atoms with Crippen molar-refractivity contribution in [3.05, 3.63) is 78.4 Å². The lowest BCUT2D eigenvalue weighted by molar-refractivity contribution is -0.142. The van der Waals surface area contributed by atoms with E-state index in [-0.39, 0.29) is 34.4 Å². The summed E-state index contributed by atoms with van der Waals surface area (Å²) in [4.78, 5) is 43.6. The summed E-state index contributed by atoms with van der Waals surface area (Å²) in [5.74, 6) is -1.88. The topological polar surface area (TPSA) is 98.7 Å². The van der Waals surface area contributed by atoms with Gasteiger partial charge in [-0.25, -0.2) is 0 Å². The summed E-state index contributed by atoms with van der Waals surface area (Å²) in [7, 11) is 0. The van der Waals surface area contributed by atoms with Crippen LogP contribution in [-0.2, 0) is 20.9 Å². The molecular weight excluding hydrogens is 590 g/mol. The van der Waals surface area contributed by atoms with Gasteiger partial charge in [0.15, 0.2) is 0 Å². The summed E-state index contributed by atoms with van der Waals surface area (Å²) in [6, 6.07) is 22.1. The zero-order valence-corrected chi connectivity index (χ0v) is 24.5. The maximum absolute atomic E-state index is 14.2. The van der Waals surface area contributed by atoms with Gasteiger partial charge in [-0.1, -0.05) is 83.5 Å². The minimum Gasteiger partial charge on any atom is -0.394 e. The van der Waals surface area contributed by atoms with Gasteiger partial charge >= 0.3 is 0 Å². The van der Waals surface area contributed by atoms with E-state index in [0.29, 0.717) is 25.1 Å². The number of carbonyl (C=O) groups is 3. The summed E-state index contributed by atoms with van der Waals surface area (Å²) in [5.41, 5.74) is 1.63. The van der Waals surface area contributed by atoms with E-state index in [1.54, 1.807) is 16.7 Å². The van der Waals surface area contributed by atoms with Crippen LogP contribution in [0.3, 0.4) is 0 Å². The van der Waals surface area contributed by atoms with Crippen molar-refractivity contribution in [2.75, 3.05) is 11.9 Å². The number of rotatable bonds is 8. The molecule has 3 heterocycles. The van der Waals surface area contributed by atoms with E-state index >= 15 is 0 Å². The highest BCUT2D eigenvalue weighted by molar-refractivity contribution is 9.09. The van der Waals surface area contributed by atoms with Crippen molar-refractivity contribution in [3.8, 4) is 0 Å². The Bertz CT molecular complexity index is 1450. The molecule has 3 aliphatic rings. The molecule has 1 spiro atoms.